The van der Waals surface area contributed by atoms with Crippen molar-refractivity contribution in [2.45, 2.75) is 0 Å². The molecule has 1 rings (SSSR count). The van der Waals surface area contributed by atoms with Crippen molar-refractivity contribution in [3.05, 3.63) is 35.5 Å². The van der Waals surface area contributed by atoms with Crippen molar-refractivity contribution in [3.63, 3.8) is 0 Å². The van der Waals surface area contributed by atoms with Crippen LogP contribution in [0.15, 0.2) is 40.5 Å². The fraction of sp³-hybridized carbons (Fsp3) is 0.250. The predicted octanol–water partition coefficient (Wildman–Crippen LogP) is 0.334. The van der Waals surface area contributed by atoms with Crippen LogP contribution in [0.4, 0.5) is 11.4 Å². The molecule has 0 saturated carbocycles. The van der Waals surface area contributed by atoms with Crippen LogP contribution in [-0.2, 0) is 0 Å². The third kappa shape index (κ3) is 4.82. The number of rotatable bonds is 7. The molecule has 1 aromatic carbocycles. The number of hydrogen-bond donors (Lipinski definition) is 3. The molecule has 0 aliphatic heterocycles. The molecule has 24 heavy (non-hydrogen) atoms. The maximum absolute atomic E-state index is 9.10. The summed E-state index contributed by atoms with van der Waals surface area (Å²) in [5.74, 6) is 0. The van der Waals surface area contributed by atoms with E-state index < -0.39 is 0 Å². The quantitative estimate of drug-likeness (QED) is 0.482. The zero-order chi connectivity index (χ0) is 17.9. The van der Waals surface area contributed by atoms with Gasteiger partial charge in [-0.2, -0.15) is 15.8 Å². The van der Waals surface area contributed by atoms with Gasteiger partial charge in [0, 0.05) is 18.8 Å². The molecule has 0 aliphatic carbocycles. The molecule has 0 bridgehead atoms. The van der Waals surface area contributed by atoms with E-state index in [0.29, 0.717) is 18.8 Å². The third-order valence-corrected chi connectivity index (χ3v) is 3.05. The summed E-state index contributed by atoms with van der Waals surface area (Å²) >= 11 is 0. The third-order valence-electron chi connectivity index (χ3n) is 3.05. The topological polar surface area (TPSA) is 153 Å². The van der Waals surface area contributed by atoms with E-state index in [4.69, 9.17) is 31.7 Å². The minimum atomic E-state index is -0.371. The fourth-order valence-corrected chi connectivity index (χ4v) is 1.89. The number of allylic oxidation sites excluding steroid dienone is 2. The second kappa shape index (κ2) is 9.60. The van der Waals surface area contributed by atoms with E-state index >= 15 is 0 Å². The van der Waals surface area contributed by atoms with Gasteiger partial charge in [0.1, 0.15) is 18.2 Å². The Bertz CT molecular complexity index is 725. The SMILES string of the molecule is N#CC(=Nc1ccc(N(CCO)CCO)cc1)C(N)=C(C#N)C#N. The van der Waals surface area contributed by atoms with E-state index in [2.05, 4.69) is 4.99 Å². The molecule has 0 radical (unpaired) electrons. The first-order chi connectivity index (χ1) is 11.6. The first kappa shape index (κ1) is 18.7. The average Bonchev–Trinajstić information content (AvgIpc) is 2.61. The summed E-state index contributed by atoms with van der Waals surface area (Å²) < 4.78 is 0. The summed E-state index contributed by atoms with van der Waals surface area (Å²) in [7, 11) is 0. The number of hydrogen-bond acceptors (Lipinski definition) is 8. The van der Waals surface area contributed by atoms with E-state index in [1.54, 1.807) is 47.4 Å². The summed E-state index contributed by atoms with van der Waals surface area (Å²) in [5.41, 5.74) is 5.95. The molecular formula is C16H16N6O2. The molecule has 0 heterocycles. The van der Waals surface area contributed by atoms with E-state index in [-0.39, 0.29) is 30.2 Å². The average molecular weight is 324 g/mol. The molecule has 0 unspecified atom stereocenters. The van der Waals surface area contributed by atoms with E-state index in [1.807, 2.05) is 0 Å². The molecule has 122 valence electrons. The molecule has 0 amide bonds. The highest BCUT2D eigenvalue weighted by atomic mass is 16.3. The number of nitrogens with zero attached hydrogens (tertiary/aromatic N) is 5. The lowest BCUT2D eigenvalue weighted by Crippen LogP contribution is -2.29. The summed E-state index contributed by atoms with van der Waals surface area (Å²) in [6.45, 7) is 0.641. The van der Waals surface area contributed by atoms with Crippen LogP contribution in [0.25, 0.3) is 0 Å². The van der Waals surface area contributed by atoms with Crippen LogP contribution in [0, 0.1) is 34.0 Å². The standard InChI is InChI=1S/C16H16N6O2/c17-9-12(10-18)16(20)15(11-19)21-13-1-3-14(4-2-13)22(5-7-23)6-8-24/h1-4,23-24H,5-8,20H2. The number of nitriles is 3. The van der Waals surface area contributed by atoms with Crippen LogP contribution in [-0.4, -0.2) is 42.2 Å². The minimum Gasteiger partial charge on any atom is -0.395 e. The van der Waals surface area contributed by atoms with E-state index in [0.717, 1.165) is 5.69 Å². The van der Waals surface area contributed by atoms with Gasteiger partial charge in [0.15, 0.2) is 11.3 Å². The molecule has 8 nitrogen and oxygen atoms in total. The molecule has 0 fully saturated rings. The minimum absolute atomic E-state index is 0.0507. The van der Waals surface area contributed by atoms with Crippen molar-refractivity contribution in [1.29, 1.82) is 15.8 Å². The molecule has 0 aliphatic rings. The second-order valence-electron chi connectivity index (χ2n) is 4.54. The van der Waals surface area contributed by atoms with Crippen LogP contribution >= 0.6 is 0 Å². The van der Waals surface area contributed by atoms with Gasteiger partial charge in [-0.15, -0.1) is 0 Å². The predicted molar refractivity (Wildman–Crippen MR) is 88.0 cm³/mol. The number of nitrogens with two attached hydrogens (primary N) is 1. The molecular weight excluding hydrogens is 308 g/mol. The van der Waals surface area contributed by atoms with Crippen LogP contribution in [0.1, 0.15) is 0 Å². The van der Waals surface area contributed by atoms with Crippen LogP contribution < -0.4 is 10.6 Å². The van der Waals surface area contributed by atoms with Crippen molar-refractivity contribution < 1.29 is 10.2 Å². The highest BCUT2D eigenvalue weighted by Gasteiger charge is 2.10. The Labute approximate surface area is 139 Å². The van der Waals surface area contributed by atoms with Crippen LogP contribution in [0.5, 0.6) is 0 Å². The fourth-order valence-electron chi connectivity index (χ4n) is 1.89. The van der Waals surface area contributed by atoms with Gasteiger partial charge in [0.25, 0.3) is 0 Å². The van der Waals surface area contributed by atoms with Crippen molar-refractivity contribution in [3.8, 4) is 18.2 Å². The smallest absolute Gasteiger partial charge is 0.166 e. The summed E-state index contributed by atoms with van der Waals surface area (Å²) in [5, 5.41) is 44.7. The van der Waals surface area contributed by atoms with Gasteiger partial charge < -0.3 is 20.8 Å². The highest BCUT2D eigenvalue weighted by molar-refractivity contribution is 6.13. The van der Waals surface area contributed by atoms with Crippen molar-refractivity contribution in [2.75, 3.05) is 31.2 Å². The summed E-state index contributed by atoms with van der Waals surface area (Å²) in [6.07, 6.45) is 0. The van der Waals surface area contributed by atoms with E-state index in [1.165, 1.54) is 0 Å². The Hall–Kier alpha value is -3.38. The second-order valence-corrected chi connectivity index (χ2v) is 4.54. The Morgan fingerprint density at radius 2 is 1.54 bits per heavy atom. The van der Waals surface area contributed by atoms with Crippen molar-refractivity contribution >= 4 is 17.1 Å². The first-order valence-electron chi connectivity index (χ1n) is 6.97. The maximum Gasteiger partial charge on any atom is 0.166 e. The van der Waals surface area contributed by atoms with Crippen molar-refractivity contribution in [2.24, 2.45) is 10.7 Å². The Morgan fingerprint density at radius 3 is 1.96 bits per heavy atom. The number of aliphatic hydroxyl groups excluding tert-OH is 2. The zero-order valence-electron chi connectivity index (χ0n) is 12.8. The van der Waals surface area contributed by atoms with Gasteiger partial charge in [-0.25, -0.2) is 4.99 Å². The lowest BCUT2D eigenvalue weighted by atomic mass is 10.2. The highest BCUT2D eigenvalue weighted by Crippen LogP contribution is 2.20. The zero-order valence-corrected chi connectivity index (χ0v) is 12.8. The molecule has 0 atom stereocenters. The molecule has 8 heteroatoms. The maximum atomic E-state index is 9.10. The molecule has 1 aromatic rings. The lowest BCUT2D eigenvalue weighted by Gasteiger charge is -2.22. The normalized spacial score (nSPS) is 10.2. The number of aliphatic hydroxyl groups is 2. The largest absolute Gasteiger partial charge is 0.395 e. The number of anilines is 1. The Balaban J connectivity index is 3.13. The number of benzene rings is 1. The monoisotopic (exact) mass is 324 g/mol. The van der Waals surface area contributed by atoms with Crippen LogP contribution in [0.2, 0.25) is 0 Å². The molecule has 0 spiro atoms. The Morgan fingerprint density at radius 1 is 1.00 bits per heavy atom. The van der Waals surface area contributed by atoms with Crippen molar-refractivity contribution in [1.82, 2.24) is 0 Å². The van der Waals surface area contributed by atoms with Gasteiger partial charge in [0.05, 0.1) is 24.6 Å². The lowest BCUT2D eigenvalue weighted by molar-refractivity contribution is 0.281. The molecule has 0 aromatic heterocycles. The van der Waals surface area contributed by atoms with Crippen LogP contribution in [0.3, 0.4) is 0 Å². The van der Waals surface area contributed by atoms with Gasteiger partial charge in [0.2, 0.25) is 0 Å². The van der Waals surface area contributed by atoms with Gasteiger partial charge >= 0.3 is 0 Å². The summed E-state index contributed by atoms with van der Waals surface area (Å²) in [4.78, 5) is 5.83. The summed E-state index contributed by atoms with van der Waals surface area (Å²) in [6, 6.07) is 11.7. The number of aliphatic imine (C=N–C) groups is 1. The first-order valence-corrected chi connectivity index (χ1v) is 6.97. The molecule has 0 saturated heterocycles. The van der Waals surface area contributed by atoms with E-state index in [9.17, 15) is 0 Å². The Kier molecular flexibility index (Phi) is 7.47. The van der Waals surface area contributed by atoms with Gasteiger partial charge in [-0.3, -0.25) is 0 Å². The van der Waals surface area contributed by atoms with Gasteiger partial charge in [-0.1, -0.05) is 0 Å². The molecule has 4 N–H and O–H groups in total. The van der Waals surface area contributed by atoms with Gasteiger partial charge in [-0.05, 0) is 24.3 Å².